The highest BCUT2D eigenvalue weighted by atomic mass is 32.1. The van der Waals surface area contributed by atoms with Crippen LogP contribution in [0.4, 0.5) is 0 Å². The summed E-state index contributed by atoms with van der Waals surface area (Å²) in [5, 5.41) is 8.77. The number of likely N-dealkylation sites (tertiary alicyclic amines) is 1. The third-order valence-corrected chi connectivity index (χ3v) is 6.28. The van der Waals surface area contributed by atoms with Crippen LogP contribution in [-0.2, 0) is 17.6 Å². The second kappa shape index (κ2) is 7.00. The maximum Gasteiger partial charge on any atom is 0.274 e. The Morgan fingerprint density at radius 3 is 2.76 bits per heavy atom. The SMILES string of the molecule is O=C(NO)c1ccc2c(c1)CC[C@@]1(CCN(CC3CCC3)C1=O)C2.S. The van der Waals surface area contributed by atoms with Gasteiger partial charge in [-0.15, -0.1) is 0 Å². The first-order valence-corrected chi connectivity index (χ1v) is 8.97. The van der Waals surface area contributed by atoms with Crippen LogP contribution < -0.4 is 5.48 Å². The van der Waals surface area contributed by atoms with Crippen molar-refractivity contribution in [2.45, 2.75) is 44.9 Å². The molecular formula is C19H26N2O3S. The summed E-state index contributed by atoms with van der Waals surface area (Å²) in [5.41, 5.74) is 4.23. The standard InChI is InChI=1S/C19H24N2O3.H2S/c22-17(20-24)15-4-5-16-11-19(7-6-14(16)10-15)8-9-21(18(19)23)12-13-2-1-3-13;/h4-5,10,13,24H,1-3,6-9,11-12H2,(H,20,22);1H2/t19-;/m1./s1. The zero-order valence-electron chi connectivity index (χ0n) is 14.4. The number of benzene rings is 1. The quantitative estimate of drug-likeness (QED) is 0.641. The molecule has 2 aliphatic carbocycles. The third-order valence-electron chi connectivity index (χ3n) is 6.28. The molecule has 1 aromatic rings. The summed E-state index contributed by atoms with van der Waals surface area (Å²) in [6, 6.07) is 5.52. The highest BCUT2D eigenvalue weighted by molar-refractivity contribution is 7.59. The van der Waals surface area contributed by atoms with E-state index in [0.717, 1.165) is 50.3 Å². The minimum Gasteiger partial charge on any atom is -0.342 e. The number of aryl methyl sites for hydroxylation is 1. The second-order valence-electron chi connectivity index (χ2n) is 7.68. The maximum atomic E-state index is 13.0. The fourth-order valence-corrected chi connectivity index (χ4v) is 4.51. The van der Waals surface area contributed by atoms with Crippen molar-refractivity contribution >= 4 is 25.3 Å². The highest BCUT2D eigenvalue weighted by Gasteiger charge is 2.48. The van der Waals surface area contributed by atoms with E-state index in [2.05, 4.69) is 4.90 Å². The zero-order valence-corrected chi connectivity index (χ0v) is 15.4. The molecule has 1 spiro atoms. The lowest BCUT2D eigenvalue weighted by Crippen LogP contribution is -2.41. The number of carbonyl (C=O) groups excluding carboxylic acids is 2. The van der Waals surface area contributed by atoms with Gasteiger partial charge in [0.25, 0.3) is 5.91 Å². The molecule has 1 aromatic carbocycles. The van der Waals surface area contributed by atoms with Crippen LogP contribution in [0, 0.1) is 11.3 Å². The summed E-state index contributed by atoms with van der Waals surface area (Å²) in [6.07, 6.45) is 7.29. The van der Waals surface area contributed by atoms with Crippen molar-refractivity contribution in [1.29, 1.82) is 0 Å². The molecule has 1 atom stereocenters. The van der Waals surface area contributed by atoms with Crippen LogP contribution in [0.25, 0.3) is 0 Å². The summed E-state index contributed by atoms with van der Waals surface area (Å²) in [6.45, 7) is 1.85. The van der Waals surface area contributed by atoms with Crippen LogP contribution >= 0.6 is 13.5 Å². The molecule has 0 radical (unpaired) electrons. The Bertz CT molecular complexity index is 689. The van der Waals surface area contributed by atoms with Gasteiger partial charge >= 0.3 is 0 Å². The van der Waals surface area contributed by atoms with Gasteiger partial charge in [0.05, 0.1) is 5.41 Å². The number of hydroxylamine groups is 1. The molecule has 136 valence electrons. The van der Waals surface area contributed by atoms with Crippen LogP contribution in [0.5, 0.6) is 0 Å². The topological polar surface area (TPSA) is 69.6 Å². The van der Waals surface area contributed by atoms with E-state index in [9.17, 15) is 9.59 Å². The Hall–Kier alpha value is -1.53. The van der Waals surface area contributed by atoms with E-state index in [1.165, 1.54) is 24.8 Å². The third kappa shape index (κ3) is 3.17. The molecule has 2 N–H and O–H groups in total. The number of carbonyl (C=O) groups is 2. The van der Waals surface area contributed by atoms with Gasteiger partial charge in [-0.3, -0.25) is 14.8 Å². The predicted molar refractivity (Wildman–Crippen MR) is 99.1 cm³/mol. The van der Waals surface area contributed by atoms with E-state index >= 15 is 0 Å². The normalized spacial score (nSPS) is 25.3. The van der Waals surface area contributed by atoms with E-state index in [1.807, 2.05) is 12.1 Å². The molecule has 1 saturated heterocycles. The van der Waals surface area contributed by atoms with Crippen molar-refractivity contribution in [3.05, 3.63) is 34.9 Å². The zero-order chi connectivity index (χ0) is 16.7. The van der Waals surface area contributed by atoms with E-state index in [1.54, 1.807) is 11.5 Å². The van der Waals surface area contributed by atoms with Crippen molar-refractivity contribution in [2.75, 3.05) is 13.1 Å². The van der Waals surface area contributed by atoms with Gasteiger partial charge in [-0.1, -0.05) is 12.5 Å². The van der Waals surface area contributed by atoms with E-state index in [0.29, 0.717) is 11.5 Å². The van der Waals surface area contributed by atoms with Crippen LogP contribution in [0.2, 0.25) is 0 Å². The van der Waals surface area contributed by atoms with Crippen molar-refractivity contribution in [1.82, 2.24) is 10.4 Å². The molecule has 2 fully saturated rings. The monoisotopic (exact) mass is 362 g/mol. The van der Waals surface area contributed by atoms with Gasteiger partial charge in [-0.25, -0.2) is 5.48 Å². The fraction of sp³-hybridized carbons (Fsp3) is 0.579. The van der Waals surface area contributed by atoms with Gasteiger partial charge in [-0.2, -0.15) is 13.5 Å². The van der Waals surface area contributed by atoms with Crippen molar-refractivity contribution in [3.63, 3.8) is 0 Å². The minimum absolute atomic E-state index is 0. The minimum atomic E-state index is -0.485. The molecule has 6 heteroatoms. The Morgan fingerprint density at radius 1 is 1.28 bits per heavy atom. The average Bonchev–Trinajstić information content (AvgIpc) is 2.86. The van der Waals surface area contributed by atoms with Crippen LogP contribution in [0.1, 0.15) is 53.6 Å². The van der Waals surface area contributed by atoms with Gasteiger partial charge in [0.2, 0.25) is 5.91 Å². The van der Waals surface area contributed by atoms with E-state index in [-0.39, 0.29) is 18.9 Å². The van der Waals surface area contributed by atoms with Crippen molar-refractivity contribution < 1.29 is 14.8 Å². The molecule has 0 unspecified atom stereocenters. The summed E-state index contributed by atoms with van der Waals surface area (Å²) in [7, 11) is 0. The van der Waals surface area contributed by atoms with Crippen LogP contribution in [0.15, 0.2) is 18.2 Å². The number of hydrogen-bond donors (Lipinski definition) is 2. The van der Waals surface area contributed by atoms with Crippen molar-refractivity contribution in [2.24, 2.45) is 11.3 Å². The molecule has 0 bridgehead atoms. The Morgan fingerprint density at radius 2 is 2.08 bits per heavy atom. The van der Waals surface area contributed by atoms with E-state index < -0.39 is 5.91 Å². The maximum absolute atomic E-state index is 13.0. The smallest absolute Gasteiger partial charge is 0.274 e. The Balaban J connectivity index is 0.00000182. The molecular weight excluding hydrogens is 336 g/mol. The van der Waals surface area contributed by atoms with Crippen LogP contribution in [-0.4, -0.2) is 35.0 Å². The van der Waals surface area contributed by atoms with Gasteiger partial charge < -0.3 is 4.90 Å². The number of amides is 2. The number of nitrogens with zero attached hydrogens (tertiary/aromatic N) is 1. The highest BCUT2D eigenvalue weighted by Crippen LogP contribution is 2.44. The molecule has 25 heavy (non-hydrogen) atoms. The first kappa shape index (κ1) is 18.3. The number of nitrogens with one attached hydrogen (secondary N) is 1. The largest absolute Gasteiger partial charge is 0.342 e. The first-order chi connectivity index (χ1) is 11.6. The molecule has 2 amide bonds. The van der Waals surface area contributed by atoms with Gasteiger partial charge in [0.15, 0.2) is 0 Å². The van der Waals surface area contributed by atoms with Gasteiger partial charge in [0, 0.05) is 18.7 Å². The first-order valence-electron chi connectivity index (χ1n) is 8.97. The lowest BCUT2D eigenvalue weighted by molar-refractivity contribution is -0.137. The lowest BCUT2D eigenvalue weighted by Gasteiger charge is -2.35. The van der Waals surface area contributed by atoms with Gasteiger partial charge in [-0.05, 0) is 67.7 Å². The molecule has 5 nitrogen and oxygen atoms in total. The molecule has 1 heterocycles. The van der Waals surface area contributed by atoms with E-state index in [4.69, 9.17) is 5.21 Å². The second-order valence-corrected chi connectivity index (χ2v) is 7.68. The molecule has 0 aromatic heterocycles. The Labute approximate surface area is 155 Å². The van der Waals surface area contributed by atoms with Crippen LogP contribution in [0.3, 0.4) is 0 Å². The number of rotatable bonds is 3. The summed E-state index contributed by atoms with van der Waals surface area (Å²) in [4.78, 5) is 26.7. The molecule has 3 aliphatic rings. The lowest BCUT2D eigenvalue weighted by atomic mass is 9.70. The molecule has 4 rings (SSSR count). The van der Waals surface area contributed by atoms with Crippen molar-refractivity contribution in [3.8, 4) is 0 Å². The van der Waals surface area contributed by atoms with Gasteiger partial charge in [0.1, 0.15) is 0 Å². The summed E-state index contributed by atoms with van der Waals surface area (Å²) < 4.78 is 0. The molecule has 1 aliphatic heterocycles. The Kier molecular flexibility index (Phi) is 5.11. The summed E-state index contributed by atoms with van der Waals surface area (Å²) in [5.74, 6) is 0.582. The number of hydrogen-bond acceptors (Lipinski definition) is 3. The predicted octanol–water partition coefficient (Wildman–Crippen LogP) is 2.43. The average molecular weight is 362 g/mol. The summed E-state index contributed by atoms with van der Waals surface area (Å²) >= 11 is 0. The molecule has 1 saturated carbocycles. The fourth-order valence-electron chi connectivity index (χ4n) is 4.51. The number of fused-ring (bicyclic) bond motifs is 1.